The highest BCUT2D eigenvalue weighted by molar-refractivity contribution is 5.95. The van der Waals surface area contributed by atoms with Crippen molar-refractivity contribution in [3.63, 3.8) is 0 Å². The van der Waals surface area contributed by atoms with Gasteiger partial charge in [-0.2, -0.15) is 0 Å². The minimum atomic E-state index is -0.185. The molecule has 0 aliphatic rings. The summed E-state index contributed by atoms with van der Waals surface area (Å²) in [6.45, 7) is 0.344. The molecular weight excluding hydrogens is 300 g/mol. The Balaban J connectivity index is 1.69. The Morgan fingerprint density at radius 3 is 2.67 bits per heavy atom. The molecule has 4 nitrogen and oxygen atoms in total. The van der Waals surface area contributed by atoms with Crippen LogP contribution in [-0.4, -0.2) is 16.0 Å². The third kappa shape index (κ3) is 3.67. The molecule has 3 aromatic rings. The van der Waals surface area contributed by atoms with Gasteiger partial charge in [0, 0.05) is 29.8 Å². The van der Waals surface area contributed by atoms with E-state index in [1.165, 1.54) is 6.08 Å². The van der Waals surface area contributed by atoms with E-state index in [-0.39, 0.29) is 12.5 Å². The quantitative estimate of drug-likeness (QED) is 0.711. The molecule has 3 rings (SSSR count). The van der Waals surface area contributed by atoms with Gasteiger partial charge in [0.2, 0.25) is 5.91 Å². The van der Waals surface area contributed by atoms with Crippen molar-refractivity contribution in [1.82, 2.24) is 10.3 Å². The average molecular weight is 318 g/mol. The topological polar surface area (TPSA) is 62.2 Å². The molecule has 1 heterocycles. The predicted octanol–water partition coefficient (Wildman–Crippen LogP) is 3.06. The van der Waals surface area contributed by atoms with Crippen LogP contribution in [0.15, 0.2) is 66.9 Å². The van der Waals surface area contributed by atoms with E-state index in [9.17, 15) is 9.90 Å². The molecule has 1 aromatic heterocycles. The van der Waals surface area contributed by atoms with Gasteiger partial charge >= 0.3 is 0 Å². The molecule has 0 saturated heterocycles. The molecule has 24 heavy (non-hydrogen) atoms. The largest absolute Gasteiger partial charge is 0.392 e. The minimum absolute atomic E-state index is 0.0381. The summed E-state index contributed by atoms with van der Waals surface area (Å²) in [5.41, 5.74) is 3.50. The summed E-state index contributed by atoms with van der Waals surface area (Å²) in [5, 5.41) is 13.2. The number of fused-ring (bicyclic) bond motifs is 1. The molecule has 0 atom stereocenters. The third-order valence-corrected chi connectivity index (χ3v) is 3.82. The maximum atomic E-state index is 12.0. The van der Waals surface area contributed by atoms with E-state index in [0.717, 1.165) is 27.6 Å². The van der Waals surface area contributed by atoms with Crippen LogP contribution in [0.3, 0.4) is 0 Å². The van der Waals surface area contributed by atoms with Crippen molar-refractivity contribution in [3.8, 4) is 0 Å². The van der Waals surface area contributed by atoms with E-state index in [2.05, 4.69) is 10.3 Å². The smallest absolute Gasteiger partial charge is 0.244 e. The third-order valence-electron chi connectivity index (χ3n) is 3.82. The molecule has 0 saturated carbocycles. The van der Waals surface area contributed by atoms with Crippen LogP contribution in [0.25, 0.3) is 17.0 Å². The number of aliphatic hydroxyl groups is 1. The molecule has 0 aliphatic heterocycles. The van der Waals surface area contributed by atoms with Crippen molar-refractivity contribution in [2.24, 2.45) is 0 Å². The number of rotatable bonds is 5. The number of carbonyl (C=O) groups is 1. The van der Waals surface area contributed by atoms with E-state index in [4.69, 9.17) is 0 Å². The summed E-state index contributed by atoms with van der Waals surface area (Å²) in [6.07, 6.45) is 5.01. The minimum Gasteiger partial charge on any atom is -0.392 e. The van der Waals surface area contributed by atoms with Crippen LogP contribution in [0, 0.1) is 0 Å². The Kier molecular flexibility index (Phi) is 4.99. The Hall–Kier alpha value is -2.98. The van der Waals surface area contributed by atoms with Crippen LogP contribution >= 0.6 is 0 Å². The second kappa shape index (κ2) is 7.53. The molecule has 1 amide bonds. The fourth-order valence-electron chi connectivity index (χ4n) is 2.55. The summed E-state index contributed by atoms with van der Waals surface area (Å²) >= 11 is 0. The summed E-state index contributed by atoms with van der Waals surface area (Å²) in [5.74, 6) is -0.185. The number of hydrogen-bond acceptors (Lipinski definition) is 3. The standard InChI is InChI=1S/C20H18N2O2/c23-14-18-6-2-1-5-17(18)13-22-19(24)11-10-16-8-3-7-15-9-4-12-21-20(15)16/h1-12,23H,13-14H2,(H,22,24)/b11-10+. The lowest BCUT2D eigenvalue weighted by atomic mass is 10.1. The van der Waals surface area contributed by atoms with Gasteiger partial charge in [0.25, 0.3) is 0 Å². The molecule has 0 spiro atoms. The lowest BCUT2D eigenvalue weighted by molar-refractivity contribution is -0.116. The zero-order chi connectivity index (χ0) is 16.8. The van der Waals surface area contributed by atoms with Crippen LogP contribution in [-0.2, 0) is 17.9 Å². The zero-order valence-electron chi connectivity index (χ0n) is 13.1. The number of para-hydroxylation sites is 1. The van der Waals surface area contributed by atoms with Crippen molar-refractivity contribution < 1.29 is 9.90 Å². The number of pyridine rings is 1. The first kappa shape index (κ1) is 15.9. The Morgan fingerprint density at radius 1 is 1.04 bits per heavy atom. The van der Waals surface area contributed by atoms with Gasteiger partial charge in [-0.05, 0) is 23.3 Å². The second-order valence-corrected chi connectivity index (χ2v) is 5.40. The number of amides is 1. The average Bonchev–Trinajstić information content (AvgIpc) is 2.64. The van der Waals surface area contributed by atoms with E-state index in [1.807, 2.05) is 54.6 Å². The van der Waals surface area contributed by atoms with Gasteiger partial charge in [-0.15, -0.1) is 0 Å². The SMILES string of the molecule is O=C(/C=C/c1cccc2cccnc12)NCc1ccccc1CO. The molecular formula is C20H18N2O2. The zero-order valence-corrected chi connectivity index (χ0v) is 13.1. The molecule has 0 aliphatic carbocycles. The van der Waals surface area contributed by atoms with Gasteiger partial charge in [-0.3, -0.25) is 9.78 Å². The molecule has 0 bridgehead atoms. The highest BCUT2D eigenvalue weighted by atomic mass is 16.3. The maximum Gasteiger partial charge on any atom is 0.244 e. The number of benzene rings is 2. The van der Waals surface area contributed by atoms with Gasteiger partial charge in [-0.1, -0.05) is 48.5 Å². The Morgan fingerprint density at radius 2 is 1.83 bits per heavy atom. The molecule has 0 fully saturated rings. The fourth-order valence-corrected chi connectivity index (χ4v) is 2.55. The fraction of sp³-hybridized carbons (Fsp3) is 0.100. The Bertz CT molecular complexity index is 882. The first-order valence-corrected chi connectivity index (χ1v) is 7.75. The summed E-state index contributed by atoms with van der Waals surface area (Å²) in [6, 6.07) is 17.2. The number of aromatic nitrogens is 1. The van der Waals surface area contributed by atoms with Crippen molar-refractivity contribution >= 4 is 22.9 Å². The van der Waals surface area contributed by atoms with E-state index >= 15 is 0 Å². The number of hydrogen-bond donors (Lipinski definition) is 2. The van der Waals surface area contributed by atoms with Gasteiger partial charge in [-0.25, -0.2) is 0 Å². The summed E-state index contributed by atoms with van der Waals surface area (Å²) in [4.78, 5) is 16.4. The molecule has 2 N–H and O–H groups in total. The summed E-state index contributed by atoms with van der Waals surface area (Å²) in [7, 11) is 0. The van der Waals surface area contributed by atoms with Crippen LogP contribution in [0.5, 0.6) is 0 Å². The lowest BCUT2D eigenvalue weighted by Gasteiger charge is -2.07. The first-order valence-electron chi connectivity index (χ1n) is 7.75. The second-order valence-electron chi connectivity index (χ2n) is 5.40. The van der Waals surface area contributed by atoms with E-state index < -0.39 is 0 Å². The van der Waals surface area contributed by atoms with Crippen molar-refractivity contribution in [3.05, 3.63) is 83.6 Å². The maximum absolute atomic E-state index is 12.0. The Labute approximate surface area is 140 Å². The number of nitrogens with zero attached hydrogens (tertiary/aromatic N) is 1. The summed E-state index contributed by atoms with van der Waals surface area (Å²) < 4.78 is 0. The van der Waals surface area contributed by atoms with Gasteiger partial charge in [0.1, 0.15) is 0 Å². The number of aliphatic hydroxyl groups excluding tert-OH is 1. The molecule has 0 unspecified atom stereocenters. The van der Waals surface area contributed by atoms with E-state index in [0.29, 0.717) is 6.54 Å². The van der Waals surface area contributed by atoms with Crippen molar-refractivity contribution in [2.45, 2.75) is 13.2 Å². The normalized spacial score (nSPS) is 11.0. The molecule has 0 radical (unpaired) electrons. The molecule has 2 aromatic carbocycles. The lowest BCUT2D eigenvalue weighted by Crippen LogP contribution is -2.21. The monoisotopic (exact) mass is 318 g/mol. The highest BCUT2D eigenvalue weighted by Crippen LogP contribution is 2.17. The van der Waals surface area contributed by atoms with Crippen molar-refractivity contribution in [1.29, 1.82) is 0 Å². The molecule has 120 valence electrons. The number of nitrogens with one attached hydrogen (secondary N) is 1. The first-order chi connectivity index (χ1) is 11.8. The highest BCUT2D eigenvalue weighted by Gasteiger charge is 2.03. The van der Waals surface area contributed by atoms with Gasteiger partial charge < -0.3 is 10.4 Å². The van der Waals surface area contributed by atoms with E-state index in [1.54, 1.807) is 12.3 Å². The van der Waals surface area contributed by atoms with Crippen molar-refractivity contribution in [2.75, 3.05) is 0 Å². The van der Waals surface area contributed by atoms with Gasteiger partial charge in [0.05, 0.1) is 12.1 Å². The van der Waals surface area contributed by atoms with Crippen LogP contribution in [0.4, 0.5) is 0 Å². The van der Waals surface area contributed by atoms with Crippen LogP contribution < -0.4 is 5.32 Å². The van der Waals surface area contributed by atoms with Gasteiger partial charge in [0.15, 0.2) is 0 Å². The number of carbonyl (C=O) groups excluding carboxylic acids is 1. The van der Waals surface area contributed by atoms with Crippen LogP contribution in [0.2, 0.25) is 0 Å². The predicted molar refractivity (Wildman–Crippen MR) is 95.0 cm³/mol. The van der Waals surface area contributed by atoms with Crippen LogP contribution in [0.1, 0.15) is 16.7 Å². The molecule has 4 heteroatoms.